The minimum Gasteiger partial charge on any atom is -0.496 e. The Morgan fingerprint density at radius 3 is 2.44 bits per heavy atom. The number of piperazine rings is 1. The molecule has 2 saturated heterocycles. The summed E-state index contributed by atoms with van der Waals surface area (Å²) in [6, 6.07) is 8.60. The summed E-state index contributed by atoms with van der Waals surface area (Å²) in [4.78, 5) is 1.66. The number of morpholine rings is 1. The average molecular weight is 572 g/mol. The predicted molar refractivity (Wildman–Crippen MR) is 135 cm³/mol. The van der Waals surface area contributed by atoms with Gasteiger partial charge in [-0.3, -0.25) is 4.90 Å². The summed E-state index contributed by atoms with van der Waals surface area (Å²) in [6.07, 6.45) is -3.77. The lowest BCUT2D eigenvalue weighted by Gasteiger charge is -2.43. The van der Waals surface area contributed by atoms with Crippen molar-refractivity contribution in [1.29, 1.82) is 0 Å². The monoisotopic (exact) mass is 571 g/mol. The lowest BCUT2D eigenvalue weighted by Crippen LogP contribution is -2.56. The number of ether oxygens (including phenoxy) is 2. The fourth-order valence-corrected chi connectivity index (χ4v) is 6.66. The largest absolute Gasteiger partial charge is 0.496 e. The number of aromatic nitrogens is 2. The fraction of sp³-hybridized carbons (Fsp3) is 0.480. The molecule has 0 amide bonds. The first-order chi connectivity index (χ1) is 18.6. The third kappa shape index (κ3) is 5.89. The van der Waals surface area contributed by atoms with E-state index < -0.39 is 28.8 Å². The first kappa shape index (κ1) is 27.8. The van der Waals surface area contributed by atoms with Crippen LogP contribution in [-0.2, 0) is 14.9 Å². The van der Waals surface area contributed by atoms with E-state index >= 15 is 0 Å². The van der Waals surface area contributed by atoms with Crippen molar-refractivity contribution in [3.8, 4) is 11.4 Å². The Hall–Kier alpha value is -2.78. The SMILES string of the molecule is COc1cc2c(cnn2-c2ccc(F)cc2)cc1C1CN(S(=O)(=O)N2CCOCC2)CCN1CCC(F)(F)F. The van der Waals surface area contributed by atoms with E-state index in [1.165, 1.54) is 27.9 Å². The molecule has 0 bridgehead atoms. The molecule has 0 N–H and O–H groups in total. The minimum atomic E-state index is -4.36. The summed E-state index contributed by atoms with van der Waals surface area (Å²) in [7, 11) is -2.39. The van der Waals surface area contributed by atoms with E-state index in [2.05, 4.69) is 5.10 Å². The first-order valence-electron chi connectivity index (χ1n) is 12.5. The van der Waals surface area contributed by atoms with Gasteiger partial charge in [-0.2, -0.15) is 35.3 Å². The zero-order valence-corrected chi connectivity index (χ0v) is 22.1. The second-order valence-corrected chi connectivity index (χ2v) is 11.4. The molecule has 2 aliphatic heterocycles. The van der Waals surface area contributed by atoms with Crippen molar-refractivity contribution in [1.82, 2.24) is 23.3 Å². The molecule has 3 heterocycles. The summed E-state index contributed by atoms with van der Waals surface area (Å²) < 4.78 is 95.1. The summed E-state index contributed by atoms with van der Waals surface area (Å²) in [5.41, 5.74) is 1.83. The highest BCUT2D eigenvalue weighted by Gasteiger charge is 2.40. The molecule has 2 aromatic carbocycles. The molecule has 0 saturated carbocycles. The molecule has 0 spiro atoms. The number of nitrogens with zero attached hydrogens (tertiary/aromatic N) is 5. The molecule has 1 atom stereocenters. The van der Waals surface area contributed by atoms with Gasteiger partial charge in [-0.25, -0.2) is 9.07 Å². The van der Waals surface area contributed by atoms with Gasteiger partial charge in [-0.1, -0.05) is 0 Å². The van der Waals surface area contributed by atoms with Gasteiger partial charge >= 0.3 is 6.18 Å². The summed E-state index contributed by atoms with van der Waals surface area (Å²) >= 11 is 0. The van der Waals surface area contributed by atoms with Crippen LogP contribution in [0.3, 0.4) is 0 Å². The number of alkyl halides is 3. The second-order valence-electron chi connectivity index (χ2n) is 9.48. The van der Waals surface area contributed by atoms with E-state index in [0.29, 0.717) is 27.9 Å². The minimum absolute atomic E-state index is 0.0362. The zero-order chi connectivity index (χ0) is 27.8. The van der Waals surface area contributed by atoms with Crippen LogP contribution in [0.5, 0.6) is 5.75 Å². The number of hydrogen-bond donors (Lipinski definition) is 0. The number of rotatable bonds is 7. The quantitative estimate of drug-likeness (QED) is 0.405. The molecule has 5 rings (SSSR count). The van der Waals surface area contributed by atoms with Gasteiger partial charge in [0, 0.05) is 56.3 Å². The van der Waals surface area contributed by atoms with Gasteiger partial charge in [-0.05, 0) is 30.3 Å². The van der Waals surface area contributed by atoms with E-state index in [0.717, 1.165) is 0 Å². The fourth-order valence-electron chi connectivity index (χ4n) is 5.08. The number of halogens is 4. The van der Waals surface area contributed by atoms with Crippen molar-refractivity contribution in [3.05, 3.63) is 54.0 Å². The molecule has 39 heavy (non-hydrogen) atoms. The van der Waals surface area contributed by atoms with E-state index in [-0.39, 0.29) is 58.3 Å². The van der Waals surface area contributed by atoms with E-state index in [9.17, 15) is 26.0 Å². The van der Waals surface area contributed by atoms with Gasteiger partial charge in [0.2, 0.25) is 0 Å². The van der Waals surface area contributed by atoms with Crippen LogP contribution in [0.25, 0.3) is 16.6 Å². The van der Waals surface area contributed by atoms with E-state index in [4.69, 9.17) is 9.47 Å². The highest BCUT2D eigenvalue weighted by Crippen LogP contribution is 2.37. The van der Waals surface area contributed by atoms with Crippen molar-refractivity contribution < 1.29 is 35.5 Å². The van der Waals surface area contributed by atoms with Gasteiger partial charge in [0.05, 0.1) is 50.2 Å². The average Bonchev–Trinajstić information content (AvgIpc) is 3.34. The normalized spacial score (nSPS) is 20.5. The molecule has 212 valence electrons. The lowest BCUT2D eigenvalue weighted by molar-refractivity contribution is -0.140. The van der Waals surface area contributed by atoms with Gasteiger partial charge in [-0.15, -0.1) is 0 Å². The molecule has 9 nitrogen and oxygen atoms in total. The molecule has 2 aliphatic rings. The molecule has 0 radical (unpaired) electrons. The third-order valence-electron chi connectivity index (χ3n) is 7.11. The van der Waals surface area contributed by atoms with E-state index in [1.54, 1.807) is 40.0 Å². The molecule has 1 aromatic heterocycles. The number of benzene rings is 2. The molecule has 1 unspecified atom stereocenters. The number of methoxy groups -OCH3 is 1. The summed E-state index contributed by atoms with van der Waals surface area (Å²) in [6.45, 7) is 0.897. The topological polar surface area (TPSA) is 80.1 Å². The Bertz CT molecular complexity index is 1410. The van der Waals surface area contributed by atoms with Crippen LogP contribution >= 0.6 is 0 Å². The Morgan fingerprint density at radius 2 is 1.77 bits per heavy atom. The van der Waals surface area contributed by atoms with Crippen LogP contribution < -0.4 is 4.74 Å². The molecule has 14 heteroatoms. The van der Waals surface area contributed by atoms with Crippen molar-refractivity contribution in [3.63, 3.8) is 0 Å². The van der Waals surface area contributed by atoms with Crippen LogP contribution in [0.1, 0.15) is 18.0 Å². The molecule has 2 fully saturated rings. The maximum atomic E-state index is 13.4. The van der Waals surface area contributed by atoms with Gasteiger partial charge < -0.3 is 9.47 Å². The molecular weight excluding hydrogens is 542 g/mol. The Balaban J connectivity index is 1.52. The van der Waals surface area contributed by atoms with Crippen LogP contribution in [0, 0.1) is 5.82 Å². The molecular formula is C25H29F4N5O4S. The van der Waals surface area contributed by atoms with Crippen molar-refractivity contribution in [2.24, 2.45) is 0 Å². The summed E-state index contributed by atoms with van der Waals surface area (Å²) in [5.74, 6) is 0.00176. The maximum Gasteiger partial charge on any atom is 0.390 e. The smallest absolute Gasteiger partial charge is 0.390 e. The summed E-state index contributed by atoms with van der Waals surface area (Å²) in [5, 5.41) is 5.09. The van der Waals surface area contributed by atoms with Crippen molar-refractivity contribution in [2.75, 3.05) is 59.6 Å². The zero-order valence-electron chi connectivity index (χ0n) is 21.3. The Labute approximate surface area is 223 Å². The Morgan fingerprint density at radius 1 is 1.05 bits per heavy atom. The van der Waals surface area contributed by atoms with Gasteiger partial charge in [0.25, 0.3) is 10.2 Å². The lowest BCUT2D eigenvalue weighted by atomic mass is 10.00. The van der Waals surface area contributed by atoms with Gasteiger partial charge in [0.1, 0.15) is 11.6 Å². The van der Waals surface area contributed by atoms with E-state index in [1.807, 2.05) is 0 Å². The van der Waals surface area contributed by atoms with Crippen molar-refractivity contribution in [2.45, 2.75) is 18.6 Å². The first-order valence-corrected chi connectivity index (χ1v) is 13.9. The van der Waals surface area contributed by atoms with Crippen LogP contribution in [-0.4, -0.2) is 97.5 Å². The highest BCUT2D eigenvalue weighted by atomic mass is 32.2. The number of fused-ring (bicyclic) bond motifs is 1. The predicted octanol–water partition coefficient (Wildman–Crippen LogP) is 3.36. The van der Waals surface area contributed by atoms with Crippen LogP contribution in [0.2, 0.25) is 0 Å². The number of hydrogen-bond acceptors (Lipinski definition) is 6. The third-order valence-corrected chi connectivity index (χ3v) is 9.11. The maximum absolute atomic E-state index is 13.4. The molecule has 0 aliphatic carbocycles. The standard InChI is InChI=1S/C25H29F4N5O4S/c1-37-24-15-22-18(16-30-34(22)20-4-2-19(26)3-5-20)14-21(24)23-17-33(9-8-31(23)7-6-25(27,28)29)39(35,36)32-10-12-38-13-11-32/h2-5,14-16,23H,6-13,17H2,1H3. The second kappa shape index (κ2) is 11.0. The van der Waals surface area contributed by atoms with Crippen LogP contribution in [0.15, 0.2) is 42.6 Å². The highest BCUT2D eigenvalue weighted by molar-refractivity contribution is 7.86. The Kier molecular flexibility index (Phi) is 7.84. The van der Waals surface area contributed by atoms with Gasteiger partial charge in [0.15, 0.2) is 0 Å². The van der Waals surface area contributed by atoms with Crippen LogP contribution in [0.4, 0.5) is 17.6 Å². The van der Waals surface area contributed by atoms with Crippen molar-refractivity contribution >= 4 is 21.1 Å². The molecule has 3 aromatic rings.